The molecule has 0 atom stereocenters. The van der Waals surface area contributed by atoms with Crippen molar-refractivity contribution in [3.63, 3.8) is 0 Å². The number of nitrogens with zero attached hydrogens (tertiary/aromatic N) is 1. The van der Waals surface area contributed by atoms with Crippen LogP contribution in [0.3, 0.4) is 0 Å². The van der Waals surface area contributed by atoms with Crippen molar-refractivity contribution in [2.45, 2.75) is 25.9 Å². The molecule has 16 heavy (non-hydrogen) atoms. The average Bonchev–Trinajstić information content (AvgIpc) is 2.17. The second-order valence-corrected chi connectivity index (χ2v) is 5.06. The van der Waals surface area contributed by atoms with Gasteiger partial charge < -0.3 is 14.7 Å². The van der Waals surface area contributed by atoms with Crippen molar-refractivity contribution < 1.29 is 9.84 Å². The quantitative estimate of drug-likeness (QED) is 0.827. The topological polar surface area (TPSA) is 32.7 Å². The second kappa shape index (κ2) is 3.98. The Morgan fingerprint density at radius 3 is 2.88 bits per heavy atom. The highest BCUT2D eigenvalue weighted by Gasteiger charge is 2.18. The molecule has 0 fully saturated rings. The number of hydrogen-bond acceptors (Lipinski definition) is 3. The molecule has 2 rings (SSSR count). The van der Waals surface area contributed by atoms with Crippen LogP contribution >= 0.6 is 0 Å². The van der Waals surface area contributed by atoms with Crippen LogP contribution in [0.4, 0.5) is 5.69 Å². The van der Waals surface area contributed by atoms with Crippen molar-refractivity contribution in [2.75, 3.05) is 25.1 Å². The fraction of sp³-hybridized carbons (Fsp3) is 0.538. The molecular weight excluding hydrogens is 202 g/mol. The van der Waals surface area contributed by atoms with Crippen LogP contribution < -0.4 is 9.64 Å². The molecule has 1 heterocycles. The van der Waals surface area contributed by atoms with E-state index >= 15 is 0 Å². The van der Waals surface area contributed by atoms with Gasteiger partial charge in [-0.05, 0) is 31.5 Å². The summed E-state index contributed by atoms with van der Waals surface area (Å²) in [5, 5.41) is 9.80. The minimum Gasteiger partial charge on any atom is -0.490 e. The van der Waals surface area contributed by atoms with Gasteiger partial charge in [0.2, 0.25) is 0 Å². The fourth-order valence-corrected chi connectivity index (χ4v) is 2.01. The van der Waals surface area contributed by atoms with E-state index in [1.165, 1.54) is 0 Å². The van der Waals surface area contributed by atoms with E-state index in [9.17, 15) is 5.11 Å². The van der Waals surface area contributed by atoms with Crippen molar-refractivity contribution in [3.8, 4) is 5.75 Å². The summed E-state index contributed by atoms with van der Waals surface area (Å²) in [6, 6.07) is 6.12. The van der Waals surface area contributed by atoms with E-state index in [2.05, 4.69) is 18.0 Å². The summed E-state index contributed by atoms with van der Waals surface area (Å²) in [6.45, 7) is 5.31. The minimum absolute atomic E-state index is 0.661. The lowest BCUT2D eigenvalue weighted by Gasteiger charge is -2.28. The van der Waals surface area contributed by atoms with Gasteiger partial charge in [-0.1, -0.05) is 6.07 Å². The molecule has 0 saturated carbocycles. The molecular formula is C13H19NO2. The first kappa shape index (κ1) is 11.3. The zero-order valence-electron chi connectivity index (χ0n) is 10.2. The number of hydrogen-bond donors (Lipinski definition) is 1. The van der Waals surface area contributed by atoms with Crippen LogP contribution in [0.5, 0.6) is 5.75 Å². The number of rotatable bonds is 2. The van der Waals surface area contributed by atoms with E-state index in [0.717, 1.165) is 30.2 Å². The van der Waals surface area contributed by atoms with Crippen LogP contribution in [0.2, 0.25) is 0 Å². The molecule has 0 unspecified atom stereocenters. The zero-order valence-corrected chi connectivity index (χ0v) is 10.2. The van der Waals surface area contributed by atoms with Crippen molar-refractivity contribution in [3.05, 3.63) is 23.8 Å². The van der Waals surface area contributed by atoms with Crippen molar-refractivity contribution in [1.29, 1.82) is 0 Å². The van der Waals surface area contributed by atoms with E-state index in [1.807, 2.05) is 26.0 Å². The fourth-order valence-electron chi connectivity index (χ4n) is 2.01. The molecule has 0 saturated heterocycles. The van der Waals surface area contributed by atoms with Gasteiger partial charge in [-0.25, -0.2) is 0 Å². The van der Waals surface area contributed by atoms with Gasteiger partial charge in [0.15, 0.2) is 0 Å². The van der Waals surface area contributed by atoms with Crippen molar-refractivity contribution >= 4 is 5.69 Å². The molecule has 0 aliphatic carbocycles. The van der Waals surface area contributed by atoms with E-state index in [-0.39, 0.29) is 0 Å². The number of fused-ring (bicyclic) bond motifs is 1. The SMILES string of the molecule is CN1CCOc2ccc(CC(C)(C)O)cc21. The molecule has 0 aromatic heterocycles. The Hall–Kier alpha value is -1.22. The maximum atomic E-state index is 9.80. The number of anilines is 1. The summed E-state index contributed by atoms with van der Waals surface area (Å²) in [7, 11) is 2.06. The summed E-state index contributed by atoms with van der Waals surface area (Å²) in [5.41, 5.74) is 1.60. The van der Waals surface area contributed by atoms with Gasteiger partial charge in [0.1, 0.15) is 12.4 Å². The van der Waals surface area contributed by atoms with E-state index in [4.69, 9.17) is 4.74 Å². The van der Waals surface area contributed by atoms with Crippen LogP contribution in [0, 0.1) is 0 Å². The zero-order chi connectivity index (χ0) is 11.8. The monoisotopic (exact) mass is 221 g/mol. The van der Waals surface area contributed by atoms with Crippen molar-refractivity contribution in [2.24, 2.45) is 0 Å². The minimum atomic E-state index is -0.664. The van der Waals surface area contributed by atoms with Gasteiger partial charge in [0, 0.05) is 13.5 Å². The number of benzene rings is 1. The molecule has 1 aliphatic rings. The molecule has 0 amide bonds. The average molecular weight is 221 g/mol. The molecule has 3 nitrogen and oxygen atoms in total. The van der Waals surface area contributed by atoms with E-state index < -0.39 is 5.60 Å². The molecule has 1 aliphatic heterocycles. The van der Waals surface area contributed by atoms with Gasteiger partial charge >= 0.3 is 0 Å². The third kappa shape index (κ3) is 2.47. The lowest BCUT2D eigenvalue weighted by Crippen LogP contribution is -2.29. The smallest absolute Gasteiger partial charge is 0.142 e. The third-order valence-electron chi connectivity index (χ3n) is 2.76. The molecule has 1 aromatic rings. The van der Waals surface area contributed by atoms with Gasteiger partial charge in [0.05, 0.1) is 17.8 Å². The third-order valence-corrected chi connectivity index (χ3v) is 2.76. The molecule has 1 N–H and O–H groups in total. The summed E-state index contributed by atoms with van der Waals surface area (Å²) < 4.78 is 5.57. The lowest BCUT2D eigenvalue weighted by molar-refractivity contribution is 0.0810. The Bertz CT molecular complexity index is 382. The Kier molecular flexibility index (Phi) is 2.80. The number of likely N-dealkylation sites (N-methyl/N-ethyl adjacent to an activating group) is 1. The summed E-state index contributed by atoms with van der Waals surface area (Å²) in [4.78, 5) is 2.19. The number of aliphatic hydroxyl groups is 1. The van der Waals surface area contributed by atoms with Crippen LogP contribution in [0.25, 0.3) is 0 Å². The van der Waals surface area contributed by atoms with Crippen LogP contribution in [-0.2, 0) is 6.42 Å². The Morgan fingerprint density at radius 2 is 2.19 bits per heavy atom. The Morgan fingerprint density at radius 1 is 1.44 bits per heavy atom. The largest absolute Gasteiger partial charge is 0.490 e. The van der Waals surface area contributed by atoms with Crippen LogP contribution in [0.1, 0.15) is 19.4 Å². The molecule has 3 heteroatoms. The summed E-state index contributed by atoms with van der Waals surface area (Å²) in [6.07, 6.45) is 0.661. The Labute approximate surface area is 96.6 Å². The predicted molar refractivity (Wildman–Crippen MR) is 65.2 cm³/mol. The first-order valence-electron chi connectivity index (χ1n) is 5.65. The lowest BCUT2D eigenvalue weighted by atomic mass is 9.98. The molecule has 0 spiro atoms. The van der Waals surface area contributed by atoms with E-state index in [1.54, 1.807) is 0 Å². The van der Waals surface area contributed by atoms with Gasteiger partial charge in [-0.3, -0.25) is 0 Å². The molecule has 0 bridgehead atoms. The Balaban J connectivity index is 2.27. The first-order valence-corrected chi connectivity index (χ1v) is 5.65. The molecule has 0 radical (unpaired) electrons. The summed E-state index contributed by atoms with van der Waals surface area (Å²) in [5.74, 6) is 0.938. The van der Waals surface area contributed by atoms with Crippen LogP contribution in [-0.4, -0.2) is 30.9 Å². The maximum Gasteiger partial charge on any atom is 0.142 e. The molecule has 88 valence electrons. The first-order chi connectivity index (χ1) is 7.46. The van der Waals surface area contributed by atoms with Gasteiger partial charge in [-0.15, -0.1) is 0 Å². The van der Waals surface area contributed by atoms with Crippen LogP contribution in [0.15, 0.2) is 18.2 Å². The second-order valence-electron chi connectivity index (χ2n) is 5.06. The standard InChI is InChI=1S/C13H19NO2/c1-13(2,15)9-10-4-5-12-11(8-10)14(3)6-7-16-12/h4-5,8,15H,6-7,9H2,1-3H3. The molecule has 1 aromatic carbocycles. The number of ether oxygens (including phenoxy) is 1. The van der Waals surface area contributed by atoms with Gasteiger partial charge in [-0.2, -0.15) is 0 Å². The highest BCUT2D eigenvalue weighted by Crippen LogP contribution is 2.32. The summed E-state index contributed by atoms with van der Waals surface area (Å²) >= 11 is 0. The van der Waals surface area contributed by atoms with E-state index in [0.29, 0.717) is 6.42 Å². The van der Waals surface area contributed by atoms with Crippen molar-refractivity contribution in [1.82, 2.24) is 0 Å². The predicted octanol–water partition coefficient (Wildman–Crippen LogP) is 1.83. The maximum absolute atomic E-state index is 9.80. The highest BCUT2D eigenvalue weighted by molar-refractivity contribution is 5.61. The van der Waals surface area contributed by atoms with Gasteiger partial charge in [0.25, 0.3) is 0 Å². The normalized spacial score (nSPS) is 15.6. The highest BCUT2D eigenvalue weighted by atomic mass is 16.5.